The van der Waals surface area contributed by atoms with Crippen LogP contribution in [0.1, 0.15) is 35.6 Å². The molecule has 0 aromatic heterocycles. The van der Waals surface area contributed by atoms with Crippen LogP contribution in [-0.4, -0.2) is 19.2 Å². The minimum absolute atomic E-state index is 0.0363. The number of benzene rings is 2. The quantitative estimate of drug-likeness (QED) is 0.919. The van der Waals surface area contributed by atoms with E-state index in [4.69, 9.17) is 4.74 Å². The van der Waals surface area contributed by atoms with Gasteiger partial charge >= 0.3 is 0 Å². The summed E-state index contributed by atoms with van der Waals surface area (Å²) >= 11 is 0. The highest BCUT2D eigenvalue weighted by Crippen LogP contribution is 2.29. The first kappa shape index (κ1) is 14.3. The van der Waals surface area contributed by atoms with Gasteiger partial charge in [0.2, 0.25) is 0 Å². The third-order valence-corrected chi connectivity index (χ3v) is 4.06. The fourth-order valence-corrected chi connectivity index (χ4v) is 2.93. The van der Waals surface area contributed by atoms with Crippen LogP contribution in [0.4, 0.5) is 0 Å². The largest absolute Gasteiger partial charge is 0.365 e. The van der Waals surface area contributed by atoms with Crippen molar-refractivity contribution in [1.29, 1.82) is 0 Å². The molecule has 0 amide bonds. The lowest BCUT2D eigenvalue weighted by Crippen LogP contribution is -2.33. The van der Waals surface area contributed by atoms with E-state index >= 15 is 0 Å². The lowest BCUT2D eigenvalue weighted by molar-refractivity contribution is -0.00807. The Morgan fingerprint density at radius 3 is 2.38 bits per heavy atom. The van der Waals surface area contributed by atoms with Crippen molar-refractivity contribution in [1.82, 2.24) is 5.32 Å². The monoisotopic (exact) mass is 281 g/mol. The van der Waals surface area contributed by atoms with Gasteiger partial charge in [-0.05, 0) is 44.0 Å². The SMILES string of the molecule is Cc1cccc(C(OC2CCNCC2)c2ccccc2)c1. The molecular formula is C19H23NO. The van der Waals surface area contributed by atoms with Crippen LogP contribution in [0.25, 0.3) is 0 Å². The van der Waals surface area contributed by atoms with Crippen LogP contribution in [0, 0.1) is 6.92 Å². The number of rotatable bonds is 4. The molecule has 0 saturated carbocycles. The van der Waals surface area contributed by atoms with Crippen molar-refractivity contribution in [3.8, 4) is 0 Å². The summed E-state index contributed by atoms with van der Waals surface area (Å²) in [5.74, 6) is 0. The number of hydrogen-bond acceptors (Lipinski definition) is 2. The molecule has 0 bridgehead atoms. The maximum atomic E-state index is 6.48. The summed E-state index contributed by atoms with van der Waals surface area (Å²) in [5.41, 5.74) is 3.77. The van der Waals surface area contributed by atoms with Gasteiger partial charge in [-0.25, -0.2) is 0 Å². The molecule has 1 fully saturated rings. The van der Waals surface area contributed by atoms with Crippen LogP contribution in [0.15, 0.2) is 54.6 Å². The lowest BCUT2D eigenvalue weighted by Gasteiger charge is -2.29. The molecule has 0 spiro atoms. The predicted octanol–water partition coefficient (Wildman–Crippen LogP) is 3.85. The van der Waals surface area contributed by atoms with Crippen molar-refractivity contribution in [2.75, 3.05) is 13.1 Å². The van der Waals surface area contributed by atoms with E-state index in [9.17, 15) is 0 Å². The lowest BCUT2D eigenvalue weighted by atomic mass is 9.99. The molecule has 21 heavy (non-hydrogen) atoms. The molecule has 110 valence electrons. The number of nitrogens with one attached hydrogen (secondary N) is 1. The molecule has 2 nitrogen and oxygen atoms in total. The van der Waals surface area contributed by atoms with Crippen LogP contribution in [-0.2, 0) is 4.74 Å². The second-order valence-electron chi connectivity index (χ2n) is 5.79. The van der Waals surface area contributed by atoms with Gasteiger partial charge in [0, 0.05) is 0 Å². The summed E-state index contributed by atoms with van der Waals surface area (Å²) in [6.07, 6.45) is 2.57. The van der Waals surface area contributed by atoms with Gasteiger partial charge in [0.15, 0.2) is 0 Å². The summed E-state index contributed by atoms with van der Waals surface area (Å²) in [6, 6.07) is 19.2. The number of piperidine rings is 1. The van der Waals surface area contributed by atoms with Crippen LogP contribution in [0.3, 0.4) is 0 Å². The van der Waals surface area contributed by atoms with E-state index in [0.29, 0.717) is 6.10 Å². The van der Waals surface area contributed by atoms with Gasteiger partial charge < -0.3 is 10.1 Å². The summed E-state index contributed by atoms with van der Waals surface area (Å²) in [7, 11) is 0. The average molecular weight is 281 g/mol. The first-order valence-corrected chi connectivity index (χ1v) is 7.80. The van der Waals surface area contributed by atoms with Crippen molar-refractivity contribution in [3.63, 3.8) is 0 Å². The van der Waals surface area contributed by atoms with E-state index in [1.165, 1.54) is 16.7 Å². The maximum Gasteiger partial charge on any atom is 0.108 e. The van der Waals surface area contributed by atoms with Gasteiger partial charge in [0.1, 0.15) is 6.10 Å². The van der Waals surface area contributed by atoms with E-state index in [1.807, 2.05) is 0 Å². The Kier molecular flexibility index (Phi) is 4.69. The molecule has 1 aliphatic rings. The standard InChI is InChI=1S/C19H23NO/c1-15-6-5-9-17(14-15)19(16-7-3-2-4-8-16)21-18-10-12-20-13-11-18/h2-9,14,18-20H,10-13H2,1H3. The minimum Gasteiger partial charge on any atom is -0.365 e. The normalized spacial score (nSPS) is 17.6. The average Bonchev–Trinajstić information content (AvgIpc) is 2.54. The van der Waals surface area contributed by atoms with Gasteiger partial charge in [0.05, 0.1) is 6.10 Å². The zero-order valence-electron chi connectivity index (χ0n) is 12.6. The van der Waals surface area contributed by atoms with E-state index in [0.717, 1.165) is 25.9 Å². The second-order valence-corrected chi connectivity index (χ2v) is 5.79. The van der Waals surface area contributed by atoms with Gasteiger partial charge in [-0.15, -0.1) is 0 Å². The maximum absolute atomic E-state index is 6.48. The summed E-state index contributed by atoms with van der Waals surface area (Å²) in [4.78, 5) is 0. The van der Waals surface area contributed by atoms with E-state index in [1.54, 1.807) is 0 Å². The van der Waals surface area contributed by atoms with Gasteiger partial charge in [-0.1, -0.05) is 60.2 Å². The Hall–Kier alpha value is -1.64. The van der Waals surface area contributed by atoms with Crippen LogP contribution < -0.4 is 5.32 Å². The molecule has 1 atom stereocenters. The number of aryl methyl sites for hydroxylation is 1. The van der Waals surface area contributed by atoms with Crippen LogP contribution in [0.2, 0.25) is 0 Å². The minimum atomic E-state index is 0.0363. The molecule has 3 rings (SSSR count). The molecule has 2 heteroatoms. The van der Waals surface area contributed by atoms with Gasteiger partial charge in [-0.3, -0.25) is 0 Å². The molecule has 1 unspecified atom stereocenters. The number of hydrogen-bond donors (Lipinski definition) is 1. The fraction of sp³-hybridized carbons (Fsp3) is 0.368. The Bertz CT molecular complexity index is 561. The van der Waals surface area contributed by atoms with E-state index in [2.05, 4.69) is 66.8 Å². The van der Waals surface area contributed by atoms with Crippen molar-refractivity contribution >= 4 is 0 Å². The molecule has 0 aliphatic carbocycles. The summed E-state index contributed by atoms with van der Waals surface area (Å²) in [5, 5.41) is 3.40. The smallest absolute Gasteiger partial charge is 0.108 e. The molecular weight excluding hydrogens is 258 g/mol. The topological polar surface area (TPSA) is 21.3 Å². The van der Waals surface area contributed by atoms with Gasteiger partial charge in [0.25, 0.3) is 0 Å². The fourth-order valence-electron chi connectivity index (χ4n) is 2.93. The van der Waals surface area contributed by atoms with Crippen molar-refractivity contribution in [2.45, 2.75) is 32.0 Å². The molecule has 2 aromatic rings. The highest BCUT2D eigenvalue weighted by molar-refractivity contribution is 5.32. The Morgan fingerprint density at radius 2 is 1.67 bits per heavy atom. The molecule has 1 saturated heterocycles. The first-order valence-electron chi connectivity index (χ1n) is 7.80. The second kappa shape index (κ2) is 6.88. The molecule has 1 aliphatic heterocycles. The van der Waals surface area contributed by atoms with Crippen molar-refractivity contribution in [2.24, 2.45) is 0 Å². The van der Waals surface area contributed by atoms with E-state index in [-0.39, 0.29) is 6.10 Å². The van der Waals surface area contributed by atoms with Crippen molar-refractivity contribution in [3.05, 3.63) is 71.3 Å². The Labute approximate surface area is 127 Å². The first-order chi connectivity index (χ1) is 10.3. The third kappa shape index (κ3) is 3.72. The third-order valence-electron chi connectivity index (χ3n) is 4.06. The van der Waals surface area contributed by atoms with Crippen LogP contribution in [0.5, 0.6) is 0 Å². The predicted molar refractivity (Wildman–Crippen MR) is 86.4 cm³/mol. The highest BCUT2D eigenvalue weighted by atomic mass is 16.5. The molecule has 2 aromatic carbocycles. The van der Waals surface area contributed by atoms with Crippen LogP contribution >= 0.6 is 0 Å². The van der Waals surface area contributed by atoms with Crippen molar-refractivity contribution < 1.29 is 4.74 Å². The highest BCUT2D eigenvalue weighted by Gasteiger charge is 2.21. The zero-order valence-corrected chi connectivity index (χ0v) is 12.6. The van der Waals surface area contributed by atoms with E-state index < -0.39 is 0 Å². The molecule has 1 N–H and O–H groups in total. The molecule has 1 heterocycles. The Balaban J connectivity index is 1.87. The number of ether oxygens (including phenoxy) is 1. The Morgan fingerprint density at radius 1 is 0.952 bits per heavy atom. The summed E-state index contributed by atoms with van der Waals surface area (Å²) in [6.45, 7) is 4.25. The molecule has 0 radical (unpaired) electrons. The summed E-state index contributed by atoms with van der Waals surface area (Å²) < 4.78 is 6.48. The van der Waals surface area contributed by atoms with Gasteiger partial charge in [-0.2, -0.15) is 0 Å². The zero-order chi connectivity index (χ0) is 14.5.